The molecule has 3 N–H and O–H groups in total. The van der Waals surface area contributed by atoms with Crippen LogP contribution >= 0.6 is 24.0 Å². The number of hydrogen-bond acceptors (Lipinski definition) is 3. The number of carbonyl (C=O) groups is 1. The number of hydrogen-bond donors (Lipinski definition) is 2. The minimum atomic E-state index is -0.410. The highest BCUT2D eigenvalue weighted by atomic mass is 127. The van der Waals surface area contributed by atoms with Crippen molar-refractivity contribution in [3.63, 3.8) is 0 Å². The van der Waals surface area contributed by atoms with Crippen molar-refractivity contribution in [3.05, 3.63) is 53.3 Å². The summed E-state index contributed by atoms with van der Waals surface area (Å²) in [6, 6.07) is 7.29. The van der Waals surface area contributed by atoms with Gasteiger partial charge in [0, 0.05) is 44.4 Å². The third-order valence-corrected chi connectivity index (χ3v) is 4.67. The first kappa shape index (κ1) is 21.2. The monoisotopic (exact) mass is 482 g/mol. The Balaban J connectivity index is 0.00000261. The van der Waals surface area contributed by atoms with E-state index < -0.39 is 5.91 Å². The summed E-state index contributed by atoms with van der Waals surface area (Å²) in [6.07, 6.45) is 5.15. The van der Waals surface area contributed by atoms with Gasteiger partial charge in [-0.05, 0) is 36.6 Å². The number of carbonyl (C=O) groups excluding carboxylic acids is 1. The molecular weight excluding hydrogens is 455 g/mol. The Morgan fingerprint density at radius 2 is 2.11 bits per heavy atom. The lowest BCUT2D eigenvalue weighted by molar-refractivity contribution is 0.100. The van der Waals surface area contributed by atoms with Gasteiger partial charge in [0.1, 0.15) is 0 Å². The van der Waals surface area contributed by atoms with Crippen LogP contribution in [0.4, 0.5) is 0 Å². The summed E-state index contributed by atoms with van der Waals surface area (Å²) >= 11 is 0. The van der Waals surface area contributed by atoms with Crippen molar-refractivity contribution in [2.24, 2.45) is 17.8 Å². The first-order valence-corrected chi connectivity index (χ1v) is 8.97. The van der Waals surface area contributed by atoms with Crippen LogP contribution in [0, 0.1) is 0 Å². The predicted octanol–water partition coefficient (Wildman–Crippen LogP) is 2.09. The summed E-state index contributed by atoms with van der Waals surface area (Å²) < 4.78 is 1.85. The van der Waals surface area contributed by atoms with Crippen molar-refractivity contribution >= 4 is 35.8 Å². The third kappa shape index (κ3) is 5.44. The first-order chi connectivity index (χ1) is 12.6. The van der Waals surface area contributed by atoms with Gasteiger partial charge in [-0.25, -0.2) is 4.99 Å². The molecule has 0 bridgehead atoms. The van der Waals surface area contributed by atoms with Crippen molar-refractivity contribution in [1.82, 2.24) is 20.0 Å². The molecule has 146 valence electrons. The van der Waals surface area contributed by atoms with E-state index in [-0.39, 0.29) is 24.0 Å². The van der Waals surface area contributed by atoms with Gasteiger partial charge in [0.25, 0.3) is 0 Å². The number of nitrogens with zero attached hydrogens (tertiary/aromatic N) is 4. The second-order valence-electron chi connectivity index (χ2n) is 6.61. The lowest BCUT2D eigenvalue weighted by atomic mass is 10.0. The smallest absolute Gasteiger partial charge is 0.248 e. The van der Waals surface area contributed by atoms with Crippen LogP contribution in [0.1, 0.15) is 40.7 Å². The number of aliphatic imine (C=N–C) groups is 1. The van der Waals surface area contributed by atoms with E-state index >= 15 is 0 Å². The van der Waals surface area contributed by atoms with Gasteiger partial charge in [-0.3, -0.25) is 9.48 Å². The summed E-state index contributed by atoms with van der Waals surface area (Å²) in [6.45, 7) is 5.39. The average molecular weight is 482 g/mol. The van der Waals surface area contributed by atoms with Crippen LogP contribution in [0.3, 0.4) is 0 Å². The van der Waals surface area contributed by atoms with Crippen molar-refractivity contribution < 1.29 is 4.79 Å². The molecule has 0 saturated carbocycles. The zero-order chi connectivity index (χ0) is 18.5. The van der Waals surface area contributed by atoms with E-state index in [1.165, 1.54) is 5.56 Å². The fourth-order valence-electron chi connectivity index (χ4n) is 3.24. The molecule has 1 saturated heterocycles. The molecule has 1 amide bonds. The van der Waals surface area contributed by atoms with Crippen LogP contribution in [0.5, 0.6) is 0 Å². The van der Waals surface area contributed by atoms with Crippen molar-refractivity contribution in [2.75, 3.05) is 19.6 Å². The zero-order valence-corrected chi connectivity index (χ0v) is 18.1. The molecule has 3 rings (SSSR count). The molecule has 1 unspecified atom stereocenters. The van der Waals surface area contributed by atoms with E-state index in [9.17, 15) is 4.79 Å². The number of guanidine groups is 1. The molecule has 7 nitrogen and oxygen atoms in total. The van der Waals surface area contributed by atoms with Crippen LogP contribution in [-0.2, 0) is 13.6 Å². The average Bonchev–Trinajstić information content (AvgIpc) is 3.28. The van der Waals surface area contributed by atoms with Gasteiger partial charge in [0.05, 0.1) is 12.7 Å². The van der Waals surface area contributed by atoms with Gasteiger partial charge >= 0.3 is 0 Å². The molecule has 2 heterocycles. The lowest BCUT2D eigenvalue weighted by Crippen LogP contribution is -2.40. The molecule has 8 heteroatoms. The van der Waals surface area contributed by atoms with Crippen molar-refractivity contribution in [1.29, 1.82) is 0 Å². The highest BCUT2D eigenvalue weighted by Crippen LogP contribution is 2.26. The van der Waals surface area contributed by atoms with Crippen LogP contribution in [0.25, 0.3) is 0 Å². The number of halogens is 1. The number of nitrogens with one attached hydrogen (secondary N) is 1. The number of aryl methyl sites for hydroxylation is 1. The molecule has 1 fully saturated rings. The number of benzene rings is 1. The van der Waals surface area contributed by atoms with E-state index in [0.29, 0.717) is 18.0 Å². The minimum Gasteiger partial charge on any atom is -0.366 e. The topological polar surface area (TPSA) is 88.5 Å². The second-order valence-corrected chi connectivity index (χ2v) is 6.61. The van der Waals surface area contributed by atoms with Crippen LogP contribution < -0.4 is 11.1 Å². The van der Waals surface area contributed by atoms with Gasteiger partial charge in [0.2, 0.25) is 5.91 Å². The number of likely N-dealkylation sites (tertiary alicyclic amines) is 1. The zero-order valence-electron chi connectivity index (χ0n) is 15.8. The molecule has 0 radical (unpaired) electrons. The Hall–Kier alpha value is -2.10. The Bertz CT molecular complexity index is 786. The van der Waals surface area contributed by atoms with Crippen molar-refractivity contribution in [2.45, 2.75) is 25.8 Å². The molecule has 0 aliphatic carbocycles. The predicted molar refractivity (Wildman–Crippen MR) is 117 cm³/mol. The SMILES string of the molecule is CCNC(=NCc1ccc(C(N)=O)cc1)N1CCC(c2cnn(C)c2)C1.I. The van der Waals surface area contributed by atoms with Gasteiger partial charge in [0.15, 0.2) is 5.96 Å². The van der Waals surface area contributed by atoms with Crippen molar-refractivity contribution in [3.8, 4) is 0 Å². The summed E-state index contributed by atoms with van der Waals surface area (Å²) in [5.74, 6) is 1.01. The fraction of sp³-hybridized carbons (Fsp3) is 0.421. The number of aromatic nitrogens is 2. The number of primary amides is 1. The van der Waals surface area contributed by atoms with Gasteiger partial charge in [-0.2, -0.15) is 5.10 Å². The molecule has 1 aliphatic heterocycles. The van der Waals surface area contributed by atoms with E-state index in [1.807, 2.05) is 30.1 Å². The number of rotatable bonds is 5. The quantitative estimate of drug-likeness (QED) is 0.388. The molecule has 2 aromatic rings. The van der Waals surface area contributed by atoms with Crippen LogP contribution in [0.2, 0.25) is 0 Å². The summed E-state index contributed by atoms with van der Waals surface area (Å²) in [5, 5.41) is 7.66. The number of amides is 1. The molecular formula is C19H27IN6O. The Kier molecular flexibility index (Phi) is 7.64. The minimum absolute atomic E-state index is 0. The molecule has 0 spiro atoms. The Morgan fingerprint density at radius 1 is 1.37 bits per heavy atom. The van der Waals surface area contributed by atoms with Crippen LogP contribution in [0.15, 0.2) is 41.7 Å². The van der Waals surface area contributed by atoms with E-state index in [4.69, 9.17) is 10.7 Å². The fourth-order valence-corrected chi connectivity index (χ4v) is 3.24. The summed E-state index contributed by atoms with van der Waals surface area (Å²) in [4.78, 5) is 18.2. The highest BCUT2D eigenvalue weighted by Gasteiger charge is 2.26. The van der Waals surface area contributed by atoms with Gasteiger partial charge in [-0.15, -0.1) is 24.0 Å². The maximum absolute atomic E-state index is 11.2. The maximum Gasteiger partial charge on any atom is 0.248 e. The van der Waals surface area contributed by atoms with Gasteiger partial charge in [-0.1, -0.05) is 12.1 Å². The normalized spacial score (nSPS) is 16.9. The van der Waals surface area contributed by atoms with Crippen LogP contribution in [-0.4, -0.2) is 46.2 Å². The summed E-state index contributed by atoms with van der Waals surface area (Å²) in [5.41, 5.74) is 8.13. The number of nitrogens with two attached hydrogens (primary N) is 1. The molecule has 1 aliphatic rings. The highest BCUT2D eigenvalue weighted by molar-refractivity contribution is 14.0. The molecule has 1 aromatic carbocycles. The molecule has 27 heavy (non-hydrogen) atoms. The largest absolute Gasteiger partial charge is 0.366 e. The molecule has 1 atom stereocenters. The second kappa shape index (κ2) is 9.72. The summed E-state index contributed by atoms with van der Waals surface area (Å²) in [7, 11) is 1.95. The maximum atomic E-state index is 11.2. The third-order valence-electron chi connectivity index (χ3n) is 4.67. The lowest BCUT2D eigenvalue weighted by Gasteiger charge is -2.21. The molecule has 1 aromatic heterocycles. The van der Waals surface area contributed by atoms with E-state index in [0.717, 1.165) is 37.6 Å². The Morgan fingerprint density at radius 3 is 2.70 bits per heavy atom. The van der Waals surface area contributed by atoms with Gasteiger partial charge < -0.3 is 16.0 Å². The first-order valence-electron chi connectivity index (χ1n) is 8.97. The van der Waals surface area contributed by atoms with E-state index in [2.05, 4.69) is 28.4 Å². The Labute approximate surface area is 177 Å². The standard InChI is InChI=1S/C19H26N6O.HI/c1-3-21-19(22-10-14-4-6-15(7-5-14)18(20)26)25-9-8-16(13-25)17-11-23-24(2)12-17;/h4-7,11-12,16H,3,8-10,13H2,1-2H3,(H2,20,26)(H,21,22);1H. The van der Waals surface area contributed by atoms with E-state index in [1.54, 1.807) is 12.1 Å².